The monoisotopic (exact) mass is 201 g/mol. The zero-order valence-electron chi connectivity index (χ0n) is 8.32. The van der Waals surface area contributed by atoms with Gasteiger partial charge in [0.05, 0.1) is 5.69 Å². The van der Waals surface area contributed by atoms with Crippen LogP contribution in [0.3, 0.4) is 0 Å². The van der Waals surface area contributed by atoms with E-state index >= 15 is 0 Å². The molecule has 4 heteroatoms. The summed E-state index contributed by atoms with van der Waals surface area (Å²) >= 11 is 0. The third-order valence-electron chi connectivity index (χ3n) is 2.12. The van der Waals surface area contributed by atoms with Gasteiger partial charge in [-0.2, -0.15) is 5.10 Å². The van der Waals surface area contributed by atoms with Crippen LogP contribution in [0.5, 0.6) is 0 Å². The maximum absolute atomic E-state index is 10.4. The molecule has 4 nitrogen and oxygen atoms in total. The van der Waals surface area contributed by atoms with E-state index in [1.54, 1.807) is 0 Å². The number of amides is 1. The van der Waals surface area contributed by atoms with Gasteiger partial charge in [-0.1, -0.05) is 18.2 Å². The number of carbonyl (C=O) groups is 1. The predicted molar refractivity (Wildman–Crippen MR) is 58.4 cm³/mol. The van der Waals surface area contributed by atoms with Crippen LogP contribution in [0.4, 0.5) is 5.69 Å². The Hall–Kier alpha value is -2.10. The zero-order chi connectivity index (χ0) is 10.7. The van der Waals surface area contributed by atoms with Gasteiger partial charge in [0.25, 0.3) is 0 Å². The van der Waals surface area contributed by atoms with Crippen LogP contribution in [-0.2, 0) is 4.79 Å². The predicted octanol–water partition coefficient (Wildman–Crippen LogP) is 1.95. The number of aryl methyl sites for hydroxylation is 1. The Kier molecular flexibility index (Phi) is 2.49. The van der Waals surface area contributed by atoms with Crippen molar-refractivity contribution < 1.29 is 4.79 Å². The van der Waals surface area contributed by atoms with Crippen LogP contribution in [0.2, 0.25) is 0 Å². The highest BCUT2D eigenvalue weighted by atomic mass is 16.1. The number of H-pyrrole nitrogens is 1. The van der Waals surface area contributed by atoms with Gasteiger partial charge in [0.1, 0.15) is 0 Å². The average molecular weight is 201 g/mol. The standard InChI is InChI=1S/C11H11N3O/c1-8-6-11(14-13-8)9-4-2-3-5-10(9)12-7-15/h2-7H,1H3,(H,12,15)(H,13,14). The first-order chi connectivity index (χ1) is 7.31. The summed E-state index contributed by atoms with van der Waals surface area (Å²) in [5, 5.41) is 9.67. The summed E-state index contributed by atoms with van der Waals surface area (Å²) in [6.07, 6.45) is 0.665. The molecule has 1 aromatic heterocycles. The molecule has 0 unspecified atom stereocenters. The molecule has 0 saturated carbocycles. The number of rotatable bonds is 3. The van der Waals surface area contributed by atoms with Crippen molar-refractivity contribution in [2.45, 2.75) is 6.92 Å². The van der Waals surface area contributed by atoms with Gasteiger partial charge in [-0.15, -0.1) is 0 Å². The van der Waals surface area contributed by atoms with Crippen molar-refractivity contribution in [3.63, 3.8) is 0 Å². The molecule has 2 aromatic rings. The van der Waals surface area contributed by atoms with Crippen LogP contribution < -0.4 is 5.32 Å². The van der Waals surface area contributed by atoms with Gasteiger partial charge in [0.15, 0.2) is 0 Å². The molecule has 0 atom stereocenters. The molecule has 0 saturated heterocycles. The zero-order valence-corrected chi connectivity index (χ0v) is 8.32. The van der Waals surface area contributed by atoms with Gasteiger partial charge >= 0.3 is 0 Å². The van der Waals surface area contributed by atoms with Crippen LogP contribution in [0.1, 0.15) is 5.69 Å². The summed E-state index contributed by atoms with van der Waals surface area (Å²) in [6.45, 7) is 1.94. The second kappa shape index (κ2) is 3.96. The molecule has 1 amide bonds. The van der Waals surface area contributed by atoms with Gasteiger partial charge in [0.2, 0.25) is 6.41 Å². The van der Waals surface area contributed by atoms with Crippen molar-refractivity contribution in [3.05, 3.63) is 36.0 Å². The fourth-order valence-corrected chi connectivity index (χ4v) is 1.45. The van der Waals surface area contributed by atoms with E-state index in [1.807, 2.05) is 37.3 Å². The smallest absolute Gasteiger partial charge is 0.211 e. The molecule has 2 N–H and O–H groups in total. The van der Waals surface area contributed by atoms with Gasteiger partial charge < -0.3 is 5.32 Å². The lowest BCUT2D eigenvalue weighted by atomic mass is 10.1. The molecule has 0 radical (unpaired) electrons. The van der Waals surface area contributed by atoms with Crippen LogP contribution in [-0.4, -0.2) is 16.6 Å². The molecule has 76 valence electrons. The summed E-state index contributed by atoms with van der Waals surface area (Å²) in [6, 6.07) is 9.48. The van der Waals surface area contributed by atoms with Crippen molar-refractivity contribution in [2.75, 3.05) is 5.32 Å². The molecule has 2 rings (SSSR count). The average Bonchev–Trinajstić information content (AvgIpc) is 2.66. The molecule has 0 bridgehead atoms. The summed E-state index contributed by atoms with van der Waals surface area (Å²) in [5.41, 5.74) is 3.50. The Bertz CT molecular complexity index is 476. The van der Waals surface area contributed by atoms with Gasteiger partial charge in [-0.3, -0.25) is 9.89 Å². The molecule has 1 aromatic carbocycles. The largest absolute Gasteiger partial charge is 0.328 e. The van der Waals surface area contributed by atoms with Crippen LogP contribution in [0.25, 0.3) is 11.3 Å². The Labute approximate surface area is 87.3 Å². The highest BCUT2D eigenvalue weighted by Crippen LogP contribution is 2.25. The van der Waals surface area contributed by atoms with E-state index in [9.17, 15) is 4.79 Å². The molecule has 0 spiro atoms. The van der Waals surface area contributed by atoms with Crippen LogP contribution in [0.15, 0.2) is 30.3 Å². The number of aromatic nitrogens is 2. The van der Waals surface area contributed by atoms with E-state index in [0.29, 0.717) is 6.41 Å². The van der Waals surface area contributed by atoms with E-state index in [0.717, 1.165) is 22.6 Å². The van der Waals surface area contributed by atoms with Gasteiger partial charge in [-0.05, 0) is 19.1 Å². The molecule has 0 fully saturated rings. The normalized spacial score (nSPS) is 9.93. The minimum Gasteiger partial charge on any atom is -0.328 e. The Morgan fingerprint density at radius 1 is 1.40 bits per heavy atom. The fraction of sp³-hybridized carbons (Fsp3) is 0.0909. The molecule has 0 aliphatic rings. The first-order valence-electron chi connectivity index (χ1n) is 4.63. The minimum atomic E-state index is 0.665. The second-order valence-electron chi connectivity index (χ2n) is 3.24. The minimum absolute atomic E-state index is 0.665. The van der Waals surface area contributed by atoms with Crippen molar-refractivity contribution in [3.8, 4) is 11.3 Å². The fourth-order valence-electron chi connectivity index (χ4n) is 1.45. The highest BCUT2D eigenvalue weighted by molar-refractivity contribution is 5.83. The Morgan fingerprint density at radius 2 is 2.20 bits per heavy atom. The highest BCUT2D eigenvalue weighted by Gasteiger charge is 2.06. The number of hydrogen-bond acceptors (Lipinski definition) is 2. The number of carbonyl (C=O) groups excluding carboxylic acids is 1. The molecule has 1 heterocycles. The lowest BCUT2D eigenvalue weighted by Crippen LogP contribution is -1.95. The topological polar surface area (TPSA) is 57.8 Å². The third kappa shape index (κ3) is 1.88. The Balaban J connectivity index is 2.47. The maximum Gasteiger partial charge on any atom is 0.211 e. The van der Waals surface area contributed by atoms with E-state index in [-0.39, 0.29) is 0 Å². The van der Waals surface area contributed by atoms with Crippen LogP contribution in [0, 0.1) is 6.92 Å². The van der Waals surface area contributed by atoms with E-state index in [4.69, 9.17) is 0 Å². The third-order valence-corrected chi connectivity index (χ3v) is 2.12. The summed E-state index contributed by atoms with van der Waals surface area (Å²) < 4.78 is 0. The van der Waals surface area contributed by atoms with Crippen molar-refractivity contribution >= 4 is 12.1 Å². The number of benzene rings is 1. The first-order valence-corrected chi connectivity index (χ1v) is 4.63. The SMILES string of the molecule is Cc1cc(-c2ccccc2NC=O)n[nH]1. The number of para-hydroxylation sites is 1. The summed E-state index contributed by atoms with van der Waals surface area (Å²) in [5.74, 6) is 0. The number of aromatic amines is 1. The molecular formula is C11H11N3O. The van der Waals surface area contributed by atoms with Gasteiger partial charge in [-0.25, -0.2) is 0 Å². The summed E-state index contributed by atoms with van der Waals surface area (Å²) in [4.78, 5) is 10.4. The van der Waals surface area contributed by atoms with Crippen molar-refractivity contribution in [1.82, 2.24) is 10.2 Å². The Morgan fingerprint density at radius 3 is 2.87 bits per heavy atom. The number of nitrogens with zero attached hydrogens (tertiary/aromatic N) is 1. The molecule has 0 aliphatic heterocycles. The first kappa shape index (κ1) is 9.45. The van der Waals surface area contributed by atoms with E-state index < -0.39 is 0 Å². The lowest BCUT2D eigenvalue weighted by Gasteiger charge is -2.04. The lowest BCUT2D eigenvalue weighted by molar-refractivity contribution is -0.105. The van der Waals surface area contributed by atoms with Crippen LogP contribution >= 0.6 is 0 Å². The van der Waals surface area contributed by atoms with Crippen molar-refractivity contribution in [1.29, 1.82) is 0 Å². The summed E-state index contributed by atoms with van der Waals surface area (Å²) in [7, 11) is 0. The van der Waals surface area contributed by atoms with Crippen molar-refractivity contribution in [2.24, 2.45) is 0 Å². The molecule has 15 heavy (non-hydrogen) atoms. The number of hydrogen-bond donors (Lipinski definition) is 2. The van der Waals surface area contributed by atoms with E-state index in [2.05, 4.69) is 15.5 Å². The molecular weight excluding hydrogens is 190 g/mol. The number of anilines is 1. The second-order valence-corrected chi connectivity index (χ2v) is 3.24. The van der Waals surface area contributed by atoms with E-state index in [1.165, 1.54) is 0 Å². The number of nitrogens with one attached hydrogen (secondary N) is 2. The molecule has 0 aliphatic carbocycles. The maximum atomic E-state index is 10.4. The van der Waals surface area contributed by atoms with Gasteiger partial charge in [0, 0.05) is 16.9 Å². The quantitative estimate of drug-likeness (QED) is 0.746.